The summed E-state index contributed by atoms with van der Waals surface area (Å²) in [5.41, 5.74) is 0. The molecule has 0 aromatic rings. The molecule has 0 aromatic carbocycles. The van der Waals surface area contributed by atoms with Crippen molar-refractivity contribution >= 4 is 0 Å². The lowest BCUT2D eigenvalue weighted by Gasteiger charge is -2.45. The van der Waals surface area contributed by atoms with Crippen LogP contribution in [-0.2, 0) is 0 Å². The summed E-state index contributed by atoms with van der Waals surface area (Å²) in [6, 6.07) is 0.739. The summed E-state index contributed by atoms with van der Waals surface area (Å²) in [5, 5.41) is 3.64. The quantitative estimate of drug-likeness (QED) is 0.766. The van der Waals surface area contributed by atoms with Gasteiger partial charge in [-0.15, -0.1) is 0 Å². The third kappa shape index (κ3) is 2.94. The molecule has 0 saturated carbocycles. The first-order valence-corrected chi connectivity index (χ1v) is 6.61. The number of hydrogen-bond donors (Lipinski definition) is 1. The summed E-state index contributed by atoms with van der Waals surface area (Å²) in [5.74, 6) is 2.68. The van der Waals surface area contributed by atoms with Crippen molar-refractivity contribution in [2.75, 3.05) is 26.2 Å². The predicted octanol–water partition coefficient (Wildman–Crippen LogP) is 1.96. The second-order valence-electron chi connectivity index (χ2n) is 6.00. The Bertz CT molecular complexity index is 203. The van der Waals surface area contributed by atoms with Gasteiger partial charge in [0.25, 0.3) is 0 Å². The normalized spacial score (nSPS) is 37.2. The van der Waals surface area contributed by atoms with Crippen LogP contribution in [0.15, 0.2) is 0 Å². The van der Waals surface area contributed by atoms with Crippen LogP contribution in [-0.4, -0.2) is 37.1 Å². The first-order chi connectivity index (χ1) is 7.15. The number of likely N-dealkylation sites (tertiary alicyclic amines) is 1. The van der Waals surface area contributed by atoms with Gasteiger partial charge in [-0.25, -0.2) is 0 Å². The smallest absolute Gasteiger partial charge is 0.00794 e. The second kappa shape index (κ2) is 4.84. The van der Waals surface area contributed by atoms with Gasteiger partial charge in [0.1, 0.15) is 0 Å². The average molecular weight is 210 g/mol. The molecular weight excluding hydrogens is 184 g/mol. The maximum atomic E-state index is 3.64. The van der Waals surface area contributed by atoms with Gasteiger partial charge in [0.2, 0.25) is 0 Å². The van der Waals surface area contributed by atoms with Crippen molar-refractivity contribution in [2.24, 2.45) is 17.8 Å². The van der Waals surface area contributed by atoms with E-state index in [-0.39, 0.29) is 0 Å². The first kappa shape index (κ1) is 11.4. The van der Waals surface area contributed by atoms with Gasteiger partial charge >= 0.3 is 0 Å². The predicted molar refractivity (Wildman–Crippen MR) is 65.0 cm³/mol. The third-order valence-corrected chi connectivity index (χ3v) is 4.10. The fraction of sp³-hybridized carbons (Fsp3) is 1.00. The van der Waals surface area contributed by atoms with E-state index in [1.54, 1.807) is 0 Å². The lowest BCUT2D eigenvalue weighted by molar-refractivity contribution is 0.0701. The molecule has 2 nitrogen and oxygen atoms in total. The first-order valence-electron chi connectivity index (χ1n) is 6.61. The molecule has 0 spiro atoms. The number of hydrogen-bond acceptors (Lipinski definition) is 2. The zero-order valence-electron chi connectivity index (χ0n) is 10.5. The highest BCUT2D eigenvalue weighted by Gasteiger charge is 2.33. The molecule has 2 rings (SSSR count). The summed E-state index contributed by atoms with van der Waals surface area (Å²) in [7, 11) is 0. The van der Waals surface area contributed by atoms with E-state index >= 15 is 0 Å². The lowest BCUT2D eigenvalue weighted by atomic mass is 9.81. The van der Waals surface area contributed by atoms with Gasteiger partial charge in [-0.3, -0.25) is 0 Å². The van der Waals surface area contributed by atoms with Crippen LogP contribution in [0.4, 0.5) is 0 Å². The monoisotopic (exact) mass is 210 g/mol. The van der Waals surface area contributed by atoms with Gasteiger partial charge in [0.05, 0.1) is 0 Å². The number of nitrogens with one attached hydrogen (secondary N) is 1. The van der Waals surface area contributed by atoms with Crippen LogP contribution >= 0.6 is 0 Å². The van der Waals surface area contributed by atoms with E-state index in [0.29, 0.717) is 0 Å². The van der Waals surface area contributed by atoms with E-state index in [1.165, 1.54) is 39.0 Å². The highest BCUT2D eigenvalue weighted by molar-refractivity contribution is 4.90. The molecule has 2 heterocycles. The summed E-state index contributed by atoms with van der Waals surface area (Å²) < 4.78 is 0. The molecular formula is C13H26N2. The second-order valence-corrected chi connectivity index (χ2v) is 6.00. The molecule has 2 aliphatic rings. The Balaban J connectivity index is 1.83. The van der Waals surface area contributed by atoms with Gasteiger partial charge in [0.15, 0.2) is 0 Å². The number of fused-ring (bicyclic) bond motifs is 2. The van der Waals surface area contributed by atoms with Gasteiger partial charge in [-0.2, -0.15) is 0 Å². The lowest BCUT2D eigenvalue weighted by Crippen LogP contribution is -2.55. The van der Waals surface area contributed by atoms with E-state index < -0.39 is 0 Å². The number of piperidine rings is 2. The Morgan fingerprint density at radius 3 is 2.87 bits per heavy atom. The van der Waals surface area contributed by atoms with E-state index in [9.17, 15) is 0 Å². The Hall–Kier alpha value is -0.0800. The minimum atomic E-state index is 0.739. The molecule has 3 atom stereocenters. The molecule has 2 aliphatic heterocycles. The summed E-state index contributed by atoms with van der Waals surface area (Å²) in [6.45, 7) is 12.2. The Kier molecular flexibility index (Phi) is 3.68. The Morgan fingerprint density at radius 2 is 2.13 bits per heavy atom. The molecule has 0 radical (unpaired) electrons. The number of nitrogens with zero attached hydrogens (tertiary/aromatic N) is 1. The SMILES string of the molecule is CC(C)CCN1C[C@H]2CN[C@H](C)[C@@H](C2)C1. The van der Waals surface area contributed by atoms with Crippen LogP contribution in [0.1, 0.15) is 33.6 Å². The van der Waals surface area contributed by atoms with Crippen LogP contribution in [0, 0.1) is 17.8 Å². The highest BCUT2D eigenvalue weighted by Crippen LogP contribution is 2.28. The standard InChI is InChI=1S/C13H26N2/c1-10(2)4-5-15-8-12-6-13(9-15)11(3)14-7-12/h10-14H,4-9H2,1-3H3/t11-,12-,13+/m1/s1. The van der Waals surface area contributed by atoms with Gasteiger partial charge in [0, 0.05) is 19.1 Å². The minimum absolute atomic E-state index is 0.739. The molecule has 1 N–H and O–H groups in total. The van der Waals surface area contributed by atoms with Crippen LogP contribution in [0.2, 0.25) is 0 Å². The van der Waals surface area contributed by atoms with E-state index in [4.69, 9.17) is 0 Å². The zero-order valence-corrected chi connectivity index (χ0v) is 10.5. The molecule has 0 unspecified atom stereocenters. The molecule has 2 saturated heterocycles. The average Bonchev–Trinajstić information content (AvgIpc) is 2.21. The van der Waals surface area contributed by atoms with Gasteiger partial charge in [-0.1, -0.05) is 13.8 Å². The summed E-state index contributed by atoms with van der Waals surface area (Å²) in [4.78, 5) is 2.70. The van der Waals surface area contributed by atoms with Gasteiger partial charge in [-0.05, 0) is 50.6 Å². The molecule has 2 heteroatoms. The van der Waals surface area contributed by atoms with E-state index in [0.717, 1.165) is 23.8 Å². The van der Waals surface area contributed by atoms with Crippen LogP contribution in [0.3, 0.4) is 0 Å². The maximum absolute atomic E-state index is 3.64. The zero-order chi connectivity index (χ0) is 10.8. The van der Waals surface area contributed by atoms with E-state index in [1.807, 2.05) is 0 Å². The Morgan fingerprint density at radius 1 is 1.33 bits per heavy atom. The fourth-order valence-electron chi connectivity index (χ4n) is 3.00. The maximum Gasteiger partial charge on any atom is 0.00794 e. The van der Waals surface area contributed by atoms with Crippen molar-refractivity contribution in [3.05, 3.63) is 0 Å². The molecule has 2 fully saturated rings. The minimum Gasteiger partial charge on any atom is -0.314 e. The molecule has 15 heavy (non-hydrogen) atoms. The van der Waals surface area contributed by atoms with Crippen molar-refractivity contribution in [3.63, 3.8) is 0 Å². The summed E-state index contributed by atoms with van der Waals surface area (Å²) >= 11 is 0. The van der Waals surface area contributed by atoms with Crippen LogP contribution < -0.4 is 5.32 Å². The van der Waals surface area contributed by atoms with Crippen molar-refractivity contribution in [2.45, 2.75) is 39.7 Å². The van der Waals surface area contributed by atoms with Crippen molar-refractivity contribution in [1.82, 2.24) is 10.2 Å². The highest BCUT2D eigenvalue weighted by atomic mass is 15.2. The van der Waals surface area contributed by atoms with Crippen molar-refractivity contribution < 1.29 is 0 Å². The van der Waals surface area contributed by atoms with Gasteiger partial charge < -0.3 is 10.2 Å². The van der Waals surface area contributed by atoms with Crippen molar-refractivity contribution in [3.8, 4) is 0 Å². The van der Waals surface area contributed by atoms with E-state index in [2.05, 4.69) is 31.0 Å². The van der Waals surface area contributed by atoms with Crippen LogP contribution in [0.5, 0.6) is 0 Å². The molecule has 88 valence electrons. The topological polar surface area (TPSA) is 15.3 Å². The molecule has 0 amide bonds. The Labute approximate surface area is 94.4 Å². The van der Waals surface area contributed by atoms with Crippen molar-refractivity contribution in [1.29, 1.82) is 0 Å². The number of rotatable bonds is 3. The fourth-order valence-corrected chi connectivity index (χ4v) is 3.00. The molecule has 0 aliphatic carbocycles. The molecule has 2 bridgehead atoms. The molecule has 0 aromatic heterocycles. The summed E-state index contributed by atoms with van der Waals surface area (Å²) in [6.07, 6.45) is 2.83. The van der Waals surface area contributed by atoms with Crippen LogP contribution in [0.25, 0.3) is 0 Å². The largest absolute Gasteiger partial charge is 0.314 e. The third-order valence-electron chi connectivity index (χ3n) is 4.10.